The standard InChI is InChI=1S/C77H126O41/c1-27-40(83)46(89)52(95)64(105-27)114-59-33(22-80)109-63(56(99)50(59)93)103-24-35-44(87)49(92)55(98)68(111-35)118-71(102)77-17-15-72(3,4)19-30(77)29-9-10-38-73(5)13-12-39(74(6,26-82)37(73)11-14-76(38,8)75(29,7)16-18-77)113-70-62(45(88)36(25-104-70)112-65-53(96)47(90)42(85)31(20-78)107-65)117-69-58(101)61(41(84)28(2)106-69)116-67-57(100)51(94)60(34(23-81)110-67)115-66-54(97)48(91)43(86)32(21-79)108-66/h9,27-28,30-70,78-101H,10-26H2,1-8H3/t27-,28-,30-,31+,32+,33+,34+,35+,36-,37+,38+,39-,40-,41-,42+,43+,44+,45-,46+,47-,48-,49-,50+,51+,52+,53+,54+,55+,56+,57+,58+,59+,60+,61+,62+,63+,64-,65-,66-,67-,68-,69-,70-,73-,74-,75+,76+,77-/m0/s1. The zero-order valence-electron chi connectivity index (χ0n) is 67.1. The van der Waals surface area contributed by atoms with Gasteiger partial charge in [0, 0.05) is 5.41 Å². The van der Waals surface area contributed by atoms with Crippen molar-refractivity contribution in [2.45, 2.75) is 365 Å². The average Bonchev–Trinajstić information content (AvgIpc) is 0.672. The number of aliphatic hydroxyl groups is 24. The number of hydrogen-bond donors (Lipinski definition) is 24. The molecule has 0 amide bonds. The van der Waals surface area contributed by atoms with Crippen LogP contribution in [0.4, 0.5) is 0 Å². The molecule has 8 aliphatic heterocycles. The van der Waals surface area contributed by atoms with E-state index in [0.717, 1.165) is 5.57 Å². The van der Waals surface area contributed by atoms with Gasteiger partial charge in [-0.15, -0.1) is 0 Å². The molecule has 13 aliphatic rings. The molecule has 41 nitrogen and oxygen atoms in total. The highest BCUT2D eigenvalue weighted by Crippen LogP contribution is 2.76. The monoisotopic (exact) mass is 1710 g/mol. The summed E-state index contributed by atoms with van der Waals surface area (Å²) in [6, 6.07) is 0. The zero-order valence-corrected chi connectivity index (χ0v) is 67.1. The van der Waals surface area contributed by atoms with Gasteiger partial charge in [0.05, 0.1) is 70.0 Å². The second-order valence-corrected chi connectivity index (χ2v) is 36.9. The van der Waals surface area contributed by atoms with Crippen molar-refractivity contribution in [2.75, 3.05) is 46.2 Å². The Morgan fingerprint density at radius 1 is 0.407 bits per heavy atom. The number of carbonyl (C=O) groups is 1. The summed E-state index contributed by atoms with van der Waals surface area (Å²) in [5.41, 5.74) is -3.00. The van der Waals surface area contributed by atoms with E-state index in [-0.39, 0.29) is 23.7 Å². The molecule has 13 rings (SSSR count). The lowest BCUT2D eigenvalue weighted by Gasteiger charge is -2.71. The maximum atomic E-state index is 15.5. The lowest BCUT2D eigenvalue weighted by Crippen LogP contribution is -2.68. The van der Waals surface area contributed by atoms with E-state index in [9.17, 15) is 123 Å². The fourth-order valence-electron chi connectivity index (χ4n) is 21.9. The van der Waals surface area contributed by atoms with E-state index >= 15 is 4.79 Å². The van der Waals surface area contributed by atoms with Crippen LogP contribution in [-0.4, -0.2) is 420 Å². The van der Waals surface area contributed by atoms with Gasteiger partial charge in [-0.1, -0.05) is 53.2 Å². The first-order valence-electron chi connectivity index (χ1n) is 41.2. The molecule has 0 bridgehead atoms. The van der Waals surface area contributed by atoms with E-state index in [0.29, 0.717) is 57.8 Å². The third-order valence-corrected chi connectivity index (χ3v) is 29.6. The molecule has 0 aromatic carbocycles. The van der Waals surface area contributed by atoms with Gasteiger partial charge < -0.3 is 198 Å². The number of allylic oxidation sites excluding steroid dienone is 2. The zero-order chi connectivity index (χ0) is 86.0. The molecule has 4 saturated carbocycles. The summed E-state index contributed by atoms with van der Waals surface area (Å²) in [6.07, 6.45) is -62.8. The molecule has 41 heteroatoms. The molecule has 0 unspecified atom stereocenters. The Morgan fingerprint density at radius 3 is 1.43 bits per heavy atom. The van der Waals surface area contributed by atoms with Crippen LogP contribution in [-0.2, 0) is 80.6 Å². The predicted octanol–water partition coefficient (Wildman–Crippen LogP) is -9.07. The van der Waals surface area contributed by atoms with E-state index in [1.165, 1.54) is 13.8 Å². The lowest BCUT2D eigenvalue weighted by molar-refractivity contribution is -0.396. The maximum absolute atomic E-state index is 15.5. The fraction of sp³-hybridized carbons (Fsp3) is 0.961. The Balaban J connectivity index is 0.707. The van der Waals surface area contributed by atoms with Gasteiger partial charge in [-0.3, -0.25) is 4.79 Å². The summed E-state index contributed by atoms with van der Waals surface area (Å²) in [6.45, 7) is 10.6. The van der Waals surface area contributed by atoms with Crippen LogP contribution >= 0.6 is 0 Å². The second kappa shape index (κ2) is 36.1. The van der Waals surface area contributed by atoms with Crippen molar-refractivity contribution in [1.82, 2.24) is 0 Å². The third-order valence-electron chi connectivity index (χ3n) is 29.6. The predicted molar refractivity (Wildman–Crippen MR) is 386 cm³/mol. The Kier molecular flexibility index (Phi) is 28.5. The highest BCUT2D eigenvalue weighted by molar-refractivity contribution is 5.79. The van der Waals surface area contributed by atoms with Gasteiger partial charge in [0.15, 0.2) is 44.0 Å². The van der Waals surface area contributed by atoms with E-state index in [2.05, 4.69) is 40.7 Å². The molecule has 0 radical (unpaired) electrons. The highest BCUT2D eigenvalue weighted by Gasteiger charge is 2.72. The first kappa shape index (κ1) is 93.3. The number of ether oxygens (including phenoxy) is 16. The number of rotatable bonds is 22. The molecule has 24 N–H and O–H groups in total. The van der Waals surface area contributed by atoms with Gasteiger partial charge in [-0.2, -0.15) is 0 Å². The van der Waals surface area contributed by atoms with E-state index in [1.54, 1.807) is 0 Å². The minimum Gasteiger partial charge on any atom is -0.432 e. The maximum Gasteiger partial charge on any atom is 0.315 e. The summed E-state index contributed by atoms with van der Waals surface area (Å²) in [7, 11) is 0. The summed E-state index contributed by atoms with van der Waals surface area (Å²) in [5.74, 6) is -1.43. The second-order valence-electron chi connectivity index (χ2n) is 36.9. The third kappa shape index (κ3) is 16.5. The molecule has 0 aromatic heterocycles. The number of aliphatic hydroxyl groups excluding tert-OH is 24. The summed E-state index contributed by atoms with van der Waals surface area (Å²) in [5, 5.41) is 264. The number of carbonyl (C=O) groups excluding carboxylic acids is 1. The minimum atomic E-state index is -2.14. The van der Waals surface area contributed by atoms with Crippen LogP contribution in [0.25, 0.3) is 0 Å². The van der Waals surface area contributed by atoms with Crippen LogP contribution in [0.5, 0.6) is 0 Å². The highest BCUT2D eigenvalue weighted by atomic mass is 16.8. The topological polar surface area (TPSA) is 650 Å². The van der Waals surface area contributed by atoms with Crippen molar-refractivity contribution in [1.29, 1.82) is 0 Å². The summed E-state index contributed by atoms with van der Waals surface area (Å²) < 4.78 is 95.8. The van der Waals surface area contributed by atoms with Crippen LogP contribution in [0, 0.1) is 50.2 Å². The molecule has 8 heterocycles. The SMILES string of the molecule is C[C@@H]1O[C@@H](O[C@H]2[C@H](O)[C@@H](O)[C@H](OC[C@H]3O[C@@H](OC(=O)[C@]45CCC(C)(C)C[C@H]4C4=CC[C@@H]6[C@@]7(C)CC[C@H](O[C@@H]8OC[C@H](O[C@@H]9O[C@H](CO)[C@@H](O)[C@H](O)[C@H]9O)[C@H](O)[C@H]8O[C@@H]8O[C@@H](C)[C@H](O)[C@@H](O[C@@H]9O[C@H](CO)[C@@H](O[C@@H]%10O[C@H](CO)[C@@H](O)[C@H](O)[C@H]%10O)[C@H](O)[C@H]9O)[C@H]8O)[C@@](C)(CO)[C@@H]7CC[C@@]6(C)[C@]4(C)CC5)[C@H](O)[C@@H](O)[C@@H]3O)O[C@@H]2CO)[C@H](O)[C@H](O)[C@H]1O. The van der Waals surface area contributed by atoms with Crippen LogP contribution in [0.1, 0.15) is 120 Å². The van der Waals surface area contributed by atoms with Gasteiger partial charge in [-0.25, -0.2) is 0 Å². The van der Waals surface area contributed by atoms with Crippen molar-refractivity contribution in [2.24, 2.45) is 50.2 Å². The molecule has 0 aromatic rings. The molecular weight excluding hydrogens is 1580 g/mol. The van der Waals surface area contributed by atoms with E-state index in [4.69, 9.17) is 75.8 Å². The van der Waals surface area contributed by atoms with Gasteiger partial charge in [-0.05, 0) is 117 Å². The molecule has 118 heavy (non-hydrogen) atoms. The molecule has 5 aliphatic carbocycles. The molecular formula is C77H126O41. The average molecular weight is 1710 g/mol. The van der Waals surface area contributed by atoms with Crippen molar-refractivity contribution < 1.29 is 203 Å². The molecule has 12 fully saturated rings. The molecule has 48 atom stereocenters. The number of fused-ring (bicyclic) bond motifs is 7. The van der Waals surface area contributed by atoms with E-state index in [1.807, 2.05) is 6.92 Å². The van der Waals surface area contributed by atoms with Crippen molar-refractivity contribution in [3.63, 3.8) is 0 Å². The van der Waals surface area contributed by atoms with Crippen molar-refractivity contribution >= 4 is 5.97 Å². The molecule has 8 saturated heterocycles. The first-order chi connectivity index (χ1) is 55.5. The first-order valence-corrected chi connectivity index (χ1v) is 41.2. The molecule has 680 valence electrons. The summed E-state index contributed by atoms with van der Waals surface area (Å²) >= 11 is 0. The van der Waals surface area contributed by atoms with Gasteiger partial charge in [0.25, 0.3) is 0 Å². The van der Waals surface area contributed by atoms with Crippen LogP contribution in [0.15, 0.2) is 11.6 Å². The van der Waals surface area contributed by atoms with Gasteiger partial charge in [0.2, 0.25) is 6.29 Å². The van der Waals surface area contributed by atoms with E-state index < -0.39 is 331 Å². The number of hydrogen-bond acceptors (Lipinski definition) is 41. The fourth-order valence-corrected chi connectivity index (χ4v) is 21.9. The van der Waals surface area contributed by atoms with Gasteiger partial charge >= 0.3 is 5.97 Å². The normalized spacial score (nSPS) is 55.0. The smallest absolute Gasteiger partial charge is 0.315 e. The largest absolute Gasteiger partial charge is 0.432 e. The van der Waals surface area contributed by atoms with Crippen LogP contribution in [0.3, 0.4) is 0 Å². The Bertz CT molecular complexity index is 3360. The number of esters is 1. The Hall–Kier alpha value is -2.35. The minimum absolute atomic E-state index is 0.0494. The van der Waals surface area contributed by atoms with Crippen molar-refractivity contribution in [3.05, 3.63) is 11.6 Å². The molecule has 0 spiro atoms. The Labute approximate surface area is 680 Å². The Morgan fingerprint density at radius 2 is 0.864 bits per heavy atom. The quantitative estimate of drug-likeness (QED) is 0.0272. The van der Waals surface area contributed by atoms with Crippen LogP contribution in [0.2, 0.25) is 0 Å². The summed E-state index contributed by atoms with van der Waals surface area (Å²) in [4.78, 5) is 15.5. The lowest BCUT2D eigenvalue weighted by atomic mass is 9.33. The van der Waals surface area contributed by atoms with Crippen molar-refractivity contribution in [3.8, 4) is 0 Å². The van der Waals surface area contributed by atoms with Crippen LogP contribution < -0.4 is 0 Å². The van der Waals surface area contributed by atoms with Gasteiger partial charge in [0.1, 0.15) is 177 Å².